The van der Waals surface area contributed by atoms with Gasteiger partial charge in [-0.05, 0) is 49.8 Å². The molecule has 2 rings (SSSR count). The van der Waals surface area contributed by atoms with Crippen molar-refractivity contribution in [2.75, 3.05) is 26.8 Å². The van der Waals surface area contributed by atoms with Crippen LogP contribution in [0.1, 0.15) is 37.7 Å². The highest BCUT2D eigenvalue weighted by Crippen LogP contribution is 2.22. The molecule has 1 saturated heterocycles. The van der Waals surface area contributed by atoms with Gasteiger partial charge in [0.05, 0.1) is 5.92 Å². The van der Waals surface area contributed by atoms with Crippen LogP contribution in [0.15, 0.2) is 24.3 Å². The molecule has 1 fully saturated rings. The van der Waals surface area contributed by atoms with Gasteiger partial charge in [-0.25, -0.2) is 0 Å². The van der Waals surface area contributed by atoms with Gasteiger partial charge < -0.3 is 9.64 Å². The molecular weight excluding hydrogens is 286 g/mol. The Morgan fingerprint density at radius 1 is 1.33 bits per heavy atom. The Balaban J connectivity index is 1.84. The number of rotatable bonds is 5. The molecule has 1 heterocycles. The molecule has 1 aromatic carbocycles. The van der Waals surface area contributed by atoms with Crippen molar-refractivity contribution in [1.82, 2.24) is 4.90 Å². The van der Waals surface area contributed by atoms with E-state index in [0.29, 0.717) is 10.9 Å². The second kappa shape index (κ2) is 7.81. The zero-order valence-corrected chi connectivity index (χ0v) is 13.6. The molecule has 1 aliphatic rings. The van der Waals surface area contributed by atoms with Gasteiger partial charge in [-0.2, -0.15) is 0 Å². The van der Waals surface area contributed by atoms with Crippen molar-refractivity contribution >= 4 is 17.5 Å². The number of hydrogen-bond donors (Lipinski definition) is 0. The SMILES string of the molecule is CC(C(=O)N(C)CCC1CCOCC1)c1ccc(Cl)cc1. The molecule has 1 amide bonds. The van der Waals surface area contributed by atoms with Crippen LogP contribution in [0.25, 0.3) is 0 Å². The number of amides is 1. The van der Waals surface area contributed by atoms with E-state index in [-0.39, 0.29) is 11.8 Å². The first-order chi connectivity index (χ1) is 10.1. The van der Waals surface area contributed by atoms with E-state index in [1.165, 1.54) is 0 Å². The molecule has 0 radical (unpaired) electrons. The van der Waals surface area contributed by atoms with Gasteiger partial charge in [0.1, 0.15) is 0 Å². The largest absolute Gasteiger partial charge is 0.381 e. The summed E-state index contributed by atoms with van der Waals surface area (Å²) < 4.78 is 5.37. The summed E-state index contributed by atoms with van der Waals surface area (Å²) >= 11 is 5.89. The number of likely N-dealkylation sites (N-methyl/N-ethyl adjacent to an activating group) is 1. The quantitative estimate of drug-likeness (QED) is 0.829. The molecule has 0 saturated carbocycles. The van der Waals surface area contributed by atoms with Gasteiger partial charge in [-0.3, -0.25) is 4.79 Å². The van der Waals surface area contributed by atoms with E-state index < -0.39 is 0 Å². The number of nitrogens with zero attached hydrogens (tertiary/aromatic N) is 1. The van der Waals surface area contributed by atoms with Gasteiger partial charge in [-0.15, -0.1) is 0 Å². The highest BCUT2D eigenvalue weighted by molar-refractivity contribution is 6.30. The number of carbonyl (C=O) groups excluding carboxylic acids is 1. The van der Waals surface area contributed by atoms with Crippen LogP contribution >= 0.6 is 11.6 Å². The Bertz CT molecular complexity index is 454. The first-order valence-electron chi connectivity index (χ1n) is 7.66. The lowest BCUT2D eigenvalue weighted by Gasteiger charge is -2.26. The van der Waals surface area contributed by atoms with Crippen molar-refractivity contribution < 1.29 is 9.53 Å². The van der Waals surface area contributed by atoms with Crippen molar-refractivity contribution in [2.45, 2.75) is 32.1 Å². The van der Waals surface area contributed by atoms with Gasteiger partial charge in [-0.1, -0.05) is 23.7 Å². The third-order valence-corrected chi connectivity index (χ3v) is 4.58. The molecule has 4 heteroatoms. The summed E-state index contributed by atoms with van der Waals surface area (Å²) in [6, 6.07) is 7.53. The van der Waals surface area contributed by atoms with Crippen LogP contribution in [-0.4, -0.2) is 37.6 Å². The fourth-order valence-electron chi connectivity index (χ4n) is 2.75. The summed E-state index contributed by atoms with van der Waals surface area (Å²) in [4.78, 5) is 14.3. The number of benzene rings is 1. The van der Waals surface area contributed by atoms with E-state index in [9.17, 15) is 4.79 Å². The van der Waals surface area contributed by atoms with Crippen LogP contribution in [0.4, 0.5) is 0 Å². The Morgan fingerprint density at radius 2 is 1.95 bits per heavy atom. The van der Waals surface area contributed by atoms with Crippen LogP contribution in [0.3, 0.4) is 0 Å². The first-order valence-corrected chi connectivity index (χ1v) is 8.04. The number of ether oxygens (including phenoxy) is 1. The second-order valence-electron chi connectivity index (χ2n) is 5.88. The summed E-state index contributed by atoms with van der Waals surface area (Å²) in [6.45, 7) is 4.50. The minimum atomic E-state index is -0.123. The normalized spacial score (nSPS) is 17.5. The van der Waals surface area contributed by atoms with Gasteiger partial charge in [0, 0.05) is 31.8 Å². The molecule has 1 aromatic rings. The molecule has 0 aromatic heterocycles. The van der Waals surface area contributed by atoms with Crippen molar-refractivity contribution in [3.05, 3.63) is 34.9 Å². The molecule has 1 aliphatic heterocycles. The van der Waals surface area contributed by atoms with Crippen LogP contribution in [-0.2, 0) is 9.53 Å². The van der Waals surface area contributed by atoms with Gasteiger partial charge >= 0.3 is 0 Å². The lowest BCUT2D eigenvalue weighted by molar-refractivity contribution is -0.131. The summed E-state index contributed by atoms with van der Waals surface area (Å²) in [5.41, 5.74) is 1.02. The minimum absolute atomic E-state index is 0.123. The highest BCUT2D eigenvalue weighted by Gasteiger charge is 2.21. The summed E-state index contributed by atoms with van der Waals surface area (Å²) in [5, 5.41) is 0.700. The van der Waals surface area contributed by atoms with E-state index in [4.69, 9.17) is 16.3 Å². The fraction of sp³-hybridized carbons (Fsp3) is 0.588. The maximum atomic E-state index is 12.5. The molecule has 0 N–H and O–H groups in total. The van der Waals surface area contributed by atoms with Gasteiger partial charge in [0.2, 0.25) is 5.91 Å². The predicted molar refractivity (Wildman–Crippen MR) is 85.7 cm³/mol. The van der Waals surface area contributed by atoms with Crippen LogP contribution < -0.4 is 0 Å². The molecule has 0 bridgehead atoms. The molecule has 21 heavy (non-hydrogen) atoms. The number of halogens is 1. The summed E-state index contributed by atoms with van der Waals surface area (Å²) in [5.74, 6) is 0.742. The van der Waals surface area contributed by atoms with Crippen molar-refractivity contribution in [1.29, 1.82) is 0 Å². The van der Waals surface area contributed by atoms with Crippen molar-refractivity contribution in [3.8, 4) is 0 Å². The smallest absolute Gasteiger partial charge is 0.229 e. The molecule has 0 spiro atoms. The average Bonchev–Trinajstić information content (AvgIpc) is 2.53. The Morgan fingerprint density at radius 3 is 2.57 bits per heavy atom. The van der Waals surface area contributed by atoms with Crippen LogP contribution in [0, 0.1) is 5.92 Å². The van der Waals surface area contributed by atoms with E-state index in [1.807, 2.05) is 43.1 Å². The third kappa shape index (κ3) is 4.72. The van der Waals surface area contributed by atoms with E-state index in [0.717, 1.165) is 44.6 Å². The lowest BCUT2D eigenvalue weighted by atomic mass is 9.95. The first kappa shape index (κ1) is 16.3. The maximum absolute atomic E-state index is 12.5. The highest BCUT2D eigenvalue weighted by atomic mass is 35.5. The van der Waals surface area contributed by atoms with E-state index in [1.54, 1.807) is 0 Å². The number of hydrogen-bond acceptors (Lipinski definition) is 2. The molecule has 3 nitrogen and oxygen atoms in total. The van der Waals surface area contributed by atoms with E-state index in [2.05, 4.69) is 0 Å². The minimum Gasteiger partial charge on any atom is -0.381 e. The predicted octanol–water partition coefficient (Wildman–Crippen LogP) is 3.72. The average molecular weight is 310 g/mol. The molecule has 1 unspecified atom stereocenters. The van der Waals surface area contributed by atoms with Crippen LogP contribution in [0.2, 0.25) is 5.02 Å². The third-order valence-electron chi connectivity index (χ3n) is 4.33. The van der Waals surface area contributed by atoms with Crippen molar-refractivity contribution in [2.24, 2.45) is 5.92 Å². The zero-order valence-electron chi connectivity index (χ0n) is 12.8. The van der Waals surface area contributed by atoms with E-state index >= 15 is 0 Å². The molecule has 1 atom stereocenters. The second-order valence-corrected chi connectivity index (χ2v) is 6.31. The molecule has 0 aliphatic carbocycles. The Labute approximate surface area is 132 Å². The summed E-state index contributed by atoms with van der Waals surface area (Å²) in [7, 11) is 1.90. The summed E-state index contributed by atoms with van der Waals surface area (Å²) in [6.07, 6.45) is 3.31. The maximum Gasteiger partial charge on any atom is 0.229 e. The Hall–Kier alpha value is -1.06. The lowest BCUT2D eigenvalue weighted by Crippen LogP contribution is -2.33. The molecular formula is C17H24ClNO2. The topological polar surface area (TPSA) is 29.5 Å². The fourth-order valence-corrected chi connectivity index (χ4v) is 2.87. The molecule has 116 valence electrons. The zero-order chi connectivity index (χ0) is 15.2. The standard InChI is InChI=1S/C17H24ClNO2/c1-13(15-3-5-16(18)6-4-15)17(20)19(2)10-7-14-8-11-21-12-9-14/h3-6,13-14H,7-12H2,1-2H3. The van der Waals surface area contributed by atoms with Gasteiger partial charge in [0.25, 0.3) is 0 Å². The van der Waals surface area contributed by atoms with Crippen molar-refractivity contribution in [3.63, 3.8) is 0 Å². The Kier molecular flexibility index (Phi) is 6.07. The number of carbonyl (C=O) groups is 1. The van der Waals surface area contributed by atoms with Crippen LogP contribution in [0.5, 0.6) is 0 Å². The van der Waals surface area contributed by atoms with Gasteiger partial charge in [0.15, 0.2) is 0 Å². The monoisotopic (exact) mass is 309 g/mol.